The van der Waals surface area contributed by atoms with E-state index in [0.29, 0.717) is 11.5 Å². The van der Waals surface area contributed by atoms with Crippen LogP contribution in [0.5, 0.6) is 0 Å². The summed E-state index contributed by atoms with van der Waals surface area (Å²) in [6.45, 7) is 2.26. The van der Waals surface area contributed by atoms with Gasteiger partial charge in [-0.25, -0.2) is 9.59 Å². The van der Waals surface area contributed by atoms with E-state index in [0.717, 1.165) is 37.7 Å². The lowest BCUT2D eigenvalue weighted by Gasteiger charge is -2.50. The summed E-state index contributed by atoms with van der Waals surface area (Å²) in [5.74, 6) is -0.124. The molecule has 0 aromatic heterocycles. The van der Waals surface area contributed by atoms with Crippen LogP contribution in [-0.4, -0.2) is 50.4 Å². The molecule has 0 amide bonds. The van der Waals surface area contributed by atoms with Crippen molar-refractivity contribution in [2.24, 2.45) is 17.3 Å². The van der Waals surface area contributed by atoms with Gasteiger partial charge in [0.05, 0.1) is 18.8 Å². The average molecular weight is 390 g/mol. The fraction of sp³-hybridized carbons (Fsp3) is 0.714. The molecule has 1 spiro atoms. The molecule has 28 heavy (non-hydrogen) atoms. The van der Waals surface area contributed by atoms with Gasteiger partial charge >= 0.3 is 11.9 Å². The number of cyclic esters (lactones) is 1. The van der Waals surface area contributed by atoms with Crippen LogP contribution in [0.3, 0.4) is 0 Å². The second-order valence-corrected chi connectivity index (χ2v) is 8.61. The first-order valence-corrected chi connectivity index (χ1v) is 10.0. The van der Waals surface area contributed by atoms with Crippen molar-refractivity contribution in [1.29, 1.82) is 0 Å². The van der Waals surface area contributed by atoms with Crippen LogP contribution in [-0.2, 0) is 33.3 Å². The minimum atomic E-state index is -0.701. The van der Waals surface area contributed by atoms with Gasteiger partial charge in [0.1, 0.15) is 5.60 Å². The first kappa shape index (κ1) is 18.3. The molecule has 2 saturated heterocycles. The number of hydrogen-bond donors (Lipinski definition) is 0. The lowest BCUT2D eigenvalue weighted by Crippen LogP contribution is -2.52. The zero-order valence-electron chi connectivity index (χ0n) is 16.4. The van der Waals surface area contributed by atoms with Crippen molar-refractivity contribution in [3.05, 3.63) is 23.3 Å². The predicted octanol–water partition coefficient (Wildman–Crippen LogP) is 2.25. The monoisotopic (exact) mass is 390 g/mol. The van der Waals surface area contributed by atoms with Crippen molar-refractivity contribution in [2.45, 2.75) is 63.3 Å². The Morgan fingerprint density at radius 3 is 2.86 bits per heavy atom. The highest BCUT2D eigenvalue weighted by Crippen LogP contribution is 2.70. The average Bonchev–Trinajstić information content (AvgIpc) is 3.30. The van der Waals surface area contributed by atoms with Crippen LogP contribution < -0.4 is 0 Å². The molecule has 0 N–H and O–H groups in total. The van der Waals surface area contributed by atoms with Crippen molar-refractivity contribution >= 4 is 11.9 Å². The highest BCUT2D eigenvalue weighted by atomic mass is 16.7. The summed E-state index contributed by atoms with van der Waals surface area (Å²) in [6, 6.07) is 0. The van der Waals surface area contributed by atoms with Crippen LogP contribution in [0, 0.1) is 17.3 Å². The van der Waals surface area contributed by atoms with Crippen LogP contribution in [0.2, 0.25) is 0 Å². The molecule has 152 valence electrons. The van der Waals surface area contributed by atoms with Crippen molar-refractivity contribution < 1.29 is 33.3 Å². The zero-order valence-corrected chi connectivity index (χ0v) is 16.4. The largest absolute Gasteiger partial charge is 0.466 e. The van der Waals surface area contributed by atoms with Crippen LogP contribution >= 0.6 is 0 Å². The van der Waals surface area contributed by atoms with Gasteiger partial charge in [-0.2, -0.15) is 0 Å². The van der Waals surface area contributed by atoms with Crippen LogP contribution in [0.15, 0.2) is 23.3 Å². The number of rotatable bonds is 3. The first-order chi connectivity index (χ1) is 13.5. The second-order valence-electron chi connectivity index (χ2n) is 8.61. The Balaban J connectivity index is 1.52. The number of hydrogen-bond acceptors (Lipinski definition) is 7. The molecule has 2 aliphatic carbocycles. The zero-order chi connectivity index (χ0) is 19.7. The molecular weight excluding hydrogens is 364 g/mol. The number of ether oxygens (including phenoxy) is 5. The van der Waals surface area contributed by atoms with E-state index in [1.165, 1.54) is 20.3 Å². The quantitative estimate of drug-likeness (QED) is 0.684. The lowest BCUT2D eigenvalue weighted by molar-refractivity contribution is -0.175. The predicted molar refractivity (Wildman–Crippen MR) is 95.7 cm³/mol. The first-order valence-electron chi connectivity index (χ1n) is 10.0. The molecule has 0 aromatic rings. The van der Waals surface area contributed by atoms with Gasteiger partial charge in [-0.1, -0.05) is 13.0 Å². The van der Waals surface area contributed by atoms with E-state index in [1.807, 2.05) is 6.08 Å². The topological polar surface area (TPSA) is 80.3 Å². The molecule has 3 heterocycles. The highest BCUT2D eigenvalue weighted by molar-refractivity contribution is 5.91. The number of carbonyl (C=O) groups excluding carboxylic acids is 2. The Labute approximate surface area is 164 Å². The fourth-order valence-electron chi connectivity index (χ4n) is 6.46. The van der Waals surface area contributed by atoms with Gasteiger partial charge in [-0.15, -0.1) is 0 Å². The molecule has 1 saturated carbocycles. The summed E-state index contributed by atoms with van der Waals surface area (Å²) in [6.07, 6.45) is 6.35. The van der Waals surface area contributed by atoms with E-state index >= 15 is 0 Å². The summed E-state index contributed by atoms with van der Waals surface area (Å²) >= 11 is 0. The number of esters is 2. The molecule has 5 aliphatic rings. The van der Waals surface area contributed by atoms with E-state index in [1.54, 1.807) is 0 Å². The molecule has 7 heteroatoms. The molecule has 7 nitrogen and oxygen atoms in total. The highest BCUT2D eigenvalue weighted by Gasteiger charge is 2.73. The Morgan fingerprint density at radius 2 is 2.11 bits per heavy atom. The number of methoxy groups -OCH3 is 2. The van der Waals surface area contributed by atoms with E-state index in [9.17, 15) is 9.59 Å². The van der Waals surface area contributed by atoms with Crippen molar-refractivity contribution in [2.75, 3.05) is 14.2 Å². The van der Waals surface area contributed by atoms with Gasteiger partial charge < -0.3 is 23.7 Å². The molecule has 3 fully saturated rings. The van der Waals surface area contributed by atoms with Gasteiger partial charge in [0, 0.05) is 30.1 Å². The van der Waals surface area contributed by atoms with Gasteiger partial charge in [0.25, 0.3) is 0 Å². The molecule has 3 aliphatic heterocycles. The van der Waals surface area contributed by atoms with Gasteiger partial charge in [-0.05, 0) is 38.0 Å². The Morgan fingerprint density at radius 1 is 1.29 bits per heavy atom. The third-order valence-corrected chi connectivity index (χ3v) is 7.69. The van der Waals surface area contributed by atoms with E-state index in [-0.39, 0.29) is 23.4 Å². The smallest absolute Gasteiger partial charge is 0.336 e. The minimum absolute atomic E-state index is 0.192. The van der Waals surface area contributed by atoms with Crippen LogP contribution in [0.25, 0.3) is 0 Å². The van der Waals surface area contributed by atoms with E-state index in [4.69, 9.17) is 23.7 Å². The minimum Gasteiger partial charge on any atom is -0.466 e. The third kappa shape index (κ3) is 2.15. The standard InChI is InChI=1S/C21H26O7/c1-11-7-8-21-13(17(23)24-2)5-4-6-15(21)20(11)10-14(26-19(20)28-21)12-9-16(22)27-18(12)25-3/h5,9,11,14-15,18-19H,4,6-8,10H2,1-3H3/t11-,14+,15-,18-,19-,20-,21-/m1/s1. The molecule has 0 radical (unpaired) electrons. The fourth-order valence-corrected chi connectivity index (χ4v) is 6.46. The summed E-state index contributed by atoms with van der Waals surface area (Å²) in [5, 5.41) is 0. The molecule has 2 bridgehead atoms. The summed E-state index contributed by atoms with van der Waals surface area (Å²) < 4.78 is 28.6. The molecule has 5 rings (SSSR count). The van der Waals surface area contributed by atoms with Gasteiger partial charge in [0.15, 0.2) is 6.29 Å². The summed E-state index contributed by atoms with van der Waals surface area (Å²) in [5.41, 5.74) is 0.564. The molecule has 0 unspecified atom stereocenters. The molecule has 0 aromatic carbocycles. The van der Waals surface area contributed by atoms with E-state index in [2.05, 4.69) is 6.92 Å². The third-order valence-electron chi connectivity index (χ3n) is 7.69. The van der Waals surface area contributed by atoms with E-state index < -0.39 is 24.2 Å². The molecule has 7 atom stereocenters. The van der Waals surface area contributed by atoms with Gasteiger partial charge in [-0.3, -0.25) is 0 Å². The van der Waals surface area contributed by atoms with Crippen molar-refractivity contribution in [1.82, 2.24) is 0 Å². The van der Waals surface area contributed by atoms with Gasteiger partial charge in [0.2, 0.25) is 6.29 Å². The SMILES string of the molecule is COC(=O)C1=CCC[C@@H]2[C@]34C[C@@H](C5=CC(=O)O[C@H]5OC)O[C@@H]3O[C@]12CC[C@H]4C. The Kier molecular flexibility index (Phi) is 4.03. The van der Waals surface area contributed by atoms with Crippen molar-refractivity contribution in [3.63, 3.8) is 0 Å². The summed E-state index contributed by atoms with van der Waals surface area (Å²) in [7, 11) is 2.94. The Hall–Kier alpha value is -1.70. The summed E-state index contributed by atoms with van der Waals surface area (Å²) in [4.78, 5) is 24.3. The number of allylic oxidation sites excluding steroid dienone is 1. The maximum absolute atomic E-state index is 12.5. The van der Waals surface area contributed by atoms with Crippen LogP contribution in [0.1, 0.15) is 39.0 Å². The van der Waals surface area contributed by atoms with Crippen LogP contribution in [0.4, 0.5) is 0 Å². The lowest BCUT2D eigenvalue weighted by atomic mass is 9.52. The molecular formula is C21H26O7. The Bertz CT molecular complexity index is 786. The van der Waals surface area contributed by atoms with Crippen molar-refractivity contribution in [3.8, 4) is 0 Å². The maximum Gasteiger partial charge on any atom is 0.336 e. The second kappa shape index (κ2) is 6.15. The maximum atomic E-state index is 12.5. The number of carbonyl (C=O) groups is 2. The normalized spacial score (nSPS) is 46.4.